The van der Waals surface area contributed by atoms with Crippen molar-refractivity contribution in [2.75, 3.05) is 27.3 Å². The number of ether oxygens (including phenoxy) is 1. The summed E-state index contributed by atoms with van der Waals surface area (Å²) in [4.78, 5) is 2.25. The summed E-state index contributed by atoms with van der Waals surface area (Å²) in [6, 6.07) is 0.752. The quantitative estimate of drug-likeness (QED) is 0.650. The van der Waals surface area contributed by atoms with E-state index in [1.54, 1.807) is 7.11 Å². The van der Waals surface area contributed by atoms with Gasteiger partial charge in [-0.1, -0.05) is 13.3 Å². The first kappa shape index (κ1) is 12.9. The summed E-state index contributed by atoms with van der Waals surface area (Å²) in [5.41, 5.74) is 5.94. The molecule has 0 saturated carbocycles. The largest absolute Gasteiger partial charge is 0.383 e. The average Bonchev–Trinajstić information content (AvgIpc) is 2.05. The van der Waals surface area contributed by atoms with Gasteiger partial charge in [0.05, 0.1) is 6.61 Å². The van der Waals surface area contributed by atoms with Crippen LogP contribution in [0.5, 0.6) is 0 Å². The van der Waals surface area contributed by atoms with E-state index in [4.69, 9.17) is 10.5 Å². The highest BCUT2D eigenvalue weighted by molar-refractivity contribution is 4.69. The molecule has 0 amide bonds. The van der Waals surface area contributed by atoms with Crippen LogP contribution in [0.25, 0.3) is 0 Å². The van der Waals surface area contributed by atoms with Crippen molar-refractivity contribution in [3.8, 4) is 0 Å². The van der Waals surface area contributed by atoms with Gasteiger partial charge in [0.1, 0.15) is 0 Å². The molecule has 0 aromatic heterocycles. The second-order valence-corrected chi connectivity index (χ2v) is 3.79. The van der Waals surface area contributed by atoms with Gasteiger partial charge in [0.15, 0.2) is 0 Å². The van der Waals surface area contributed by atoms with E-state index >= 15 is 0 Å². The smallest absolute Gasteiger partial charge is 0.0615 e. The zero-order valence-corrected chi connectivity index (χ0v) is 9.42. The summed E-state index contributed by atoms with van der Waals surface area (Å²) in [6.07, 6.45) is 2.26. The molecule has 13 heavy (non-hydrogen) atoms. The lowest BCUT2D eigenvalue weighted by Crippen LogP contribution is -2.41. The lowest BCUT2D eigenvalue weighted by atomic mass is 10.1. The summed E-state index contributed by atoms with van der Waals surface area (Å²) in [7, 11) is 3.83. The summed E-state index contributed by atoms with van der Waals surface area (Å²) in [5, 5.41) is 0. The van der Waals surface area contributed by atoms with Crippen molar-refractivity contribution in [3.05, 3.63) is 0 Å². The predicted octanol–water partition coefficient (Wildman–Crippen LogP) is 1.08. The van der Waals surface area contributed by atoms with Crippen molar-refractivity contribution in [1.29, 1.82) is 0 Å². The average molecular weight is 188 g/mol. The maximum atomic E-state index is 5.94. The van der Waals surface area contributed by atoms with Crippen LogP contribution in [0, 0.1) is 0 Å². The van der Waals surface area contributed by atoms with Gasteiger partial charge in [-0.2, -0.15) is 0 Å². The monoisotopic (exact) mass is 188 g/mol. The Balaban J connectivity index is 3.64. The van der Waals surface area contributed by atoms with E-state index in [2.05, 4.69) is 25.8 Å². The summed E-state index contributed by atoms with van der Waals surface area (Å²) < 4.78 is 5.08. The summed E-state index contributed by atoms with van der Waals surface area (Å²) >= 11 is 0. The van der Waals surface area contributed by atoms with Gasteiger partial charge in [-0.25, -0.2) is 0 Å². The number of hydrogen-bond donors (Lipinski definition) is 1. The number of nitrogens with two attached hydrogens (primary N) is 1. The van der Waals surface area contributed by atoms with Crippen LogP contribution in [0.4, 0.5) is 0 Å². The number of likely N-dealkylation sites (N-methyl/N-ethyl adjacent to an activating group) is 1. The zero-order chi connectivity index (χ0) is 10.3. The minimum absolute atomic E-state index is 0.300. The first-order chi connectivity index (χ1) is 6.11. The Morgan fingerprint density at radius 2 is 2.08 bits per heavy atom. The Morgan fingerprint density at radius 1 is 1.46 bits per heavy atom. The Morgan fingerprint density at radius 3 is 2.54 bits per heavy atom. The van der Waals surface area contributed by atoms with E-state index in [0.717, 1.165) is 26.0 Å². The van der Waals surface area contributed by atoms with Gasteiger partial charge < -0.3 is 10.5 Å². The zero-order valence-electron chi connectivity index (χ0n) is 9.42. The molecule has 0 rings (SSSR count). The third-order valence-corrected chi connectivity index (χ3v) is 2.34. The van der Waals surface area contributed by atoms with E-state index in [-0.39, 0.29) is 0 Å². The van der Waals surface area contributed by atoms with E-state index < -0.39 is 0 Å². The lowest BCUT2D eigenvalue weighted by molar-refractivity contribution is 0.111. The number of methoxy groups -OCH3 is 1. The van der Waals surface area contributed by atoms with Crippen LogP contribution < -0.4 is 5.73 Å². The second-order valence-electron chi connectivity index (χ2n) is 3.79. The molecule has 3 nitrogen and oxygen atoms in total. The van der Waals surface area contributed by atoms with Gasteiger partial charge in [-0.3, -0.25) is 4.90 Å². The molecule has 3 heteroatoms. The molecular formula is C10H24N2O. The predicted molar refractivity (Wildman–Crippen MR) is 56.9 cm³/mol. The van der Waals surface area contributed by atoms with Crippen molar-refractivity contribution >= 4 is 0 Å². The number of rotatable bonds is 7. The van der Waals surface area contributed by atoms with Crippen LogP contribution in [0.1, 0.15) is 26.7 Å². The Bertz CT molecular complexity index is 119. The van der Waals surface area contributed by atoms with Crippen molar-refractivity contribution in [2.24, 2.45) is 5.73 Å². The molecule has 2 atom stereocenters. The molecule has 2 unspecified atom stereocenters. The highest BCUT2D eigenvalue weighted by atomic mass is 16.5. The SMILES string of the molecule is CCCC(N)CN(C)C(C)COC. The molecule has 0 spiro atoms. The molecule has 0 saturated heterocycles. The van der Waals surface area contributed by atoms with Gasteiger partial charge in [-0.05, 0) is 20.4 Å². The molecule has 0 aliphatic heterocycles. The van der Waals surface area contributed by atoms with Crippen molar-refractivity contribution in [2.45, 2.75) is 38.8 Å². The van der Waals surface area contributed by atoms with Crippen LogP contribution in [-0.2, 0) is 4.74 Å². The van der Waals surface area contributed by atoms with Gasteiger partial charge in [0.25, 0.3) is 0 Å². The Kier molecular flexibility index (Phi) is 7.23. The topological polar surface area (TPSA) is 38.5 Å². The van der Waals surface area contributed by atoms with E-state index in [0.29, 0.717) is 12.1 Å². The minimum Gasteiger partial charge on any atom is -0.383 e. The highest BCUT2D eigenvalue weighted by Gasteiger charge is 2.11. The van der Waals surface area contributed by atoms with Gasteiger partial charge in [-0.15, -0.1) is 0 Å². The fourth-order valence-corrected chi connectivity index (χ4v) is 1.38. The summed E-state index contributed by atoms with van der Waals surface area (Å²) in [6.45, 7) is 6.05. The van der Waals surface area contributed by atoms with E-state index in [1.807, 2.05) is 0 Å². The molecule has 0 fully saturated rings. The molecular weight excluding hydrogens is 164 g/mol. The molecule has 0 aliphatic carbocycles. The van der Waals surface area contributed by atoms with E-state index in [1.165, 1.54) is 0 Å². The molecule has 0 heterocycles. The van der Waals surface area contributed by atoms with Gasteiger partial charge >= 0.3 is 0 Å². The standard InChI is InChI=1S/C10H24N2O/c1-5-6-10(11)7-12(3)9(2)8-13-4/h9-10H,5-8,11H2,1-4H3. The normalized spacial score (nSPS) is 16.2. The molecule has 0 radical (unpaired) electrons. The molecule has 80 valence electrons. The molecule has 0 aromatic rings. The maximum Gasteiger partial charge on any atom is 0.0615 e. The Labute approximate surface area is 82.2 Å². The molecule has 0 aliphatic rings. The maximum absolute atomic E-state index is 5.94. The van der Waals surface area contributed by atoms with Crippen molar-refractivity contribution in [1.82, 2.24) is 4.90 Å². The first-order valence-electron chi connectivity index (χ1n) is 5.06. The highest BCUT2D eigenvalue weighted by Crippen LogP contribution is 2.00. The third kappa shape index (κ3) is 6.02. The van der Waals surface area contributed by atoms with Crippen LogP contribution in [0.2, 0.25) is 0 Å². The number of nitrogens with zero attached hydrogens (tertiary/aromatic N) is 1. The lowest BCUT2D eigenvalue weighted by Gasteiger charge is -2.26. The second kappa shape index (κ2) is 7.30. The number of hydrogen-bond acceptors (Lipinski definition) is 3. The van der Waals surface area contributed by atoms with Crippen molar-refractivity contribution < 1.29 is 4.74 Å². The summed E-state index contributed by atoms with van der Waals surface area (Å²) in [5.74, 6) is 0. The third-order valence-electron chi connectivity index (χ3n) is 2.34. The molecule has 2 N–H and O–H groups in total. The Hall–Kier alpha value is -0.120. The fraction of sp³-hybridized carbons (Fsp3) is 1.00. The van der Waals surface area contributed by atoms with Crippen LogP contribution >= 0.6 is 0 Å². The van der Waals surface area contributed by atoms with Crippen LogP contribution in [-0.4, -0.2) is 44.3 Å². The molecule has 0 aromatic carbocycles. The van der Waals surface area contributed by atoms with Crippen LogP contribution in [0.3, 0.4) is 0 Å². The van der Waals surface area contributed by atoms with Gasteiger partial charge in [0, 0.05) is 25.7 Å². The minimum atomic E-state index is 0.300. The van der Waals surface area contributed by atoms with Crippen LogP contribution in [0.15, 0.2) is 0 Å². The fourth-order valence-electron chi connectivity index (χ4n) is 1.38. The van der Waals surface area contributed by atoms with Gasteiger partial charge in [0.2, 0.25) is 0 Å². The molecule has 0 bridgehead atoms. The first-order valence-corrected chi connectivity index (χ1v) is 5.06. The van der Waals surface area contributed by atoms with E-state index in [9.17, 15) is 0 Å². The van der Waals surface area contributed by atoms with Crippen molar-refractivity contribution in [3.63, 3.8) is 0 Å².